The van der Waals surface area contributed by atoms with Gasteiger partial charge < -0.3 is 10.1 Å². The molecule has 5 heteroatoms. The highest BCUT2D eigenvalue weighted by atomic mass is 19.1. The Bertz CT molecular complexity index is 358. The molecule has 0 saturated carbocycles. The number of nitrogens with one attached hydrogen (secondary N) is 1. The molecular weight excluding hydrogens is 235 g/mol. The summed E-state index contributed by atoms with van der Waals surface area (Å²) in [6, 6.07) is 2.80. The monoisotopic (exact) mass is 256 g/mol. The fourth-order valence-electron chi connectivity index (χ4n) is 0.988. The quantitative estimate of drug-likeness (QED) is 0.883. The van der Waals surface area contributed by atoms with Gasteiger partial charge in [0.05, 0.1) is 18.4 Å². The van der Waals surface area contributed by atoms with E-state index in [4.69, 9.17) is 4.74 Å². The van der Waals surface area contributed by atoms with Crippen LogP contribution in [0.25, 0.3) is 0 Å². The van der Waals surface area contributed by atoms with Crippen LogP contribution in [-0.4, -0.2) is 16.7 Å². The van der Waals surface area contributed by atoms with E-state index in [9.17, 15) is 9.18 Å². The van der Waals surface area contributed by atoms with Crippen molar-refractivity contribution in [2.45, 2.75) is 46.8 Å². The van der Waals surface area contributed by atoms with E-state index >= 15 is 0 Å². The Balaban J connectivity index is 0.00000137. The molecule has 4 nitrogen and oxygen atoms in total. The smallest absolute Gasteiger partial charge is 0.407 e. The van der Waals surface area contributed by atoms with Crippen molar-refractivity contribution in [2.75, 3.05) is 0 Å². The molecule has 0 aliphatic heterocycles. The number of aromatic nitrogens is 1. The first-order valence-electron chi connectivity index (χ1n) is 5.94. The number of rotatable bonds is 2. The third-order valence-electron chi connectivity index (χ3n) is 1.60. The molecule has 1 aromatic heterocycles. The van der Waals surface area contributed by atoms with Crippen LogP contribution in [0.1, 0.15) is 40.3 Å². The average Bonchev–Trinajstić information content (AvgIpc) is 2.29. The molecule has 1 heterocycles. The number of ether oxygens (including phenoxy) is 1. The van der Waals surface area contributed by atoms with Gasteiger partial charge in [0.1, 0.15) is 11.4 Å². The first-order chi connectivity index (χ1) is 8.37. The molecule has 18 heavy (non-hydrogen) atoms. The third kappa shape index (κ3) is 7.60. The molecule has 0 radical (unpaired) electrons. The lowest BCUT2D eigenvalue weighted by atomic mass is 10.2. The number of amides is 1. The topological polar surface area (TPSA) is 51.2 Å². The number of nitrogens with zero attached hydrogens (tertiary/aromatic N) is 1. The first kappa shape index (κ1) is 16.4. The highest BCUT2D eigenvalue weighted by molar-refractivity contribution is 5.67. The minimum atomic E-state index is -0.527. The van der Waals surface area contributed by atoms with Crippen molar-refractivity contribution >= 4 is 6.09 Å². The average molecular weight is 256 g/mol. The Morgan fingerprint density at radius 1 is 1.39 bits per heavy atom. The minimum absolute atomic E-state index is 0.217. The Labute approximate surface area is 108 Å². The van der Waals surface area contributed by atoms with Gasteiger partial charge in [-0.1, -0.05) is 13.8 Å². The first-order valence-corrected chi connectivity index (χ1v) is 5.94. The molecule has 0 spiro atoms. The van der Waals surface area contributed by atoms with Gasteiger partial charge in [0.15, 0.2) is 0 Å². The number of carbonyl (C=O) groups excluding carboxylic acids is 1. The lowest BCUT2D eigenvalue weighted by Gasteiger charge is -2.19. The summed E-state index contributed by atoms with van der Waals surface area (Å²) >= 11 is 0. The van der Waals surface area contributed by atoms with Crippen LogP contribution >= 0.6 is 0 Å². The van der Waals surface area contributed by atoms with Crippen molar-refractivity contribution in [3.8, 4) is 0 Å². The van der Waals surface area contributed by atoms with Crippen molar-refractivity contribution in [3.05, 3.63) is 29.8 Å². The van der Waals surface area contributed by atoms with Crippen molar-refractivity contribution in [1.82, 2.24) is 10.3 Å². The zero-order valence-corrected chi connectivity index (χ0v) is 11.6. The summed E-state index contributed by atoms with van der Waals surface area (Å²) in [6.07, 6.45) is 0.588. The summed E-state index contributed by atoms with van der Waals surface area (Å²) in [5.74, 6) is -0.402. The predicted octanol–water partition coefficient (Wildman–Crippen LogP) is 3.27. The van der Waals surface area contributed by atoms with E-state index < -0.39 is 17.5 Å². The van der Waals surface area contributed by atoms with Crippen molar-refractivity contribution in [3.63, 3.8) is 0 Å². The maximum absolute atomic E-state index is 12.5. The van der Waals surface area contributed by atoms with E-state index in [0.717, 1.165) is 6.20 Å². The van der Waals surface area contributed by atoms with Crippen molar-refractivity contribution in [2.24, 2.45) is 0 Å². The molecule has 0 aliphatic carbocycles. The van der Waals surface area contributed by atoms with Crippen LogP contribution in [0.3, 0.4) is 0 Å². The highest BCUT2D eigenvalue weighted by Gasteiger charge is 2.15. The largest absolute Gasteiger partial charge is 0.444 e. The fourth-order valence-corrected chi connectivity index (χ4v) is 0.988. The number of hydrogen-bond acceptors (Lipinski definition) is 3. The van der Waals surface area contributed by atoms with Gasteiger partial charge in [-0.05, 0) is 32.9 Å². The zero-order chi connectivity index (χ0) is 14.2. The second-order valence-corrected chi connectivity index (χ2v) is 4.32. The molecule has 1 N–H and O–H groups in total. The number of hydrogen-bond donors (Lipinski definition) is 1. The van der Waals surface area contributed by atoms with Crippen LogP contribution in [0.2, 0.25) is 0 Å². The van der Waals surface area contributed by atoms with Gasteiger partial charge in [-0.25, -0.2) is 9.18 Å². The van der Waals surface area contributed by atoms with Gasteiger partial charge in [0, 0.05) is 0 Å². The van der Waals surface area contributed by atoms with E-state index in [1.165, 1.54) is 12.1 Å². The van der Waals surface area contributed by atoms with Crippen LogP contribution in [0.5, 0.6) is 0 Å². The van der Waals surface area contributed by atoms with Crippen LogP contribution in [0.15, 0.2) is 18.3 Å². The molecule has 0 saturated heterocycles. The van der Waals surface area contributed by atoms with Gasteiger partial charge in [0.25, 0.3) is 0 Å². The van der Waals surface area contributed by atoms with Gasteiger partial charge in [0.2, 0.25) is 0 Å². The number of carbonyl (C=O) groups is 1. The molecule has 0 atom stereocenters. The molecule has 102 valence electrons. The Hall–Kier alpha value is -1.65. The van der Waals surface area contributed by atoms with Crippen LogP contribution < -0.4 is 5.32 Å². The van der Waals surface area contributed by atoms with Gasteiger partial charge in [-0.2, -0.15) is 0 Å². The van der Waals surface area contributed by atoms with Crippen LogP contribution in [-0.2, 0) is 11.3 Å². The Kier molecular flexibility index (Phi) is 6.93. The Morgan fingerprint density at radius 3 is 2.44 bits per heavy atom. The third-order valence-corrected chi connectivity index (χ3v) is 1.60. The van der Waals surface area contributed by atoms with Crippen LogP contribution in [0.4, 0.5) is 9.18 Å². The number of alkyl carbamates (subject to hydrolysis) is 1. The standard InChI is InChI=1S/C11H15FN2O2.C2H6/c1-11(2,3)16-10(15)14-7-9-5-4-8(12)6-13-9;1-2/h4-6H,7H2,1-3H3,(H,14,15);1-2H3. The fraction of sp³-hybridized carbons (Fsp3) is 0.538. The van der Waals surface area contributed by atoms with Crippen molar-refractivity contribution in [1.29, 1.82) is 0 Å². The van der Waals surface area contributed by atoms with E-state index in [0.29, 0.717) is 5.69 Å². The molecule has 0 bridgehead atoms. The maximum Gasteiger partial charge on any atom is 0.407 e. The van der Waals surface area contributed by atoms with Crippen LogP contribution in [0, 0.1) is 5.82 Å². The lowest BCUT2D eigenvalue weighted by molar-refractivity contribution is 0.0523. The summed E-state index contributed by atoms with van der Waals surface area (Å²) in [5.41, 5.74) is 0.0487. The lowest BCUT2D eigenvalue weighted by Crippen LogP contribution is -2.32. The number of pyridine rings is 1. The normalized spacial score (nSPS) is 10.1. The summed E-state index contributed by atoms with van der Waals surface area (Å²) in [7, 11) is 0. The Morgan fingerprint density at radius 2 is 2.00 bits per heavy atom. The predicted molar refractivity (Wildman–Crippen MR) is 68.6 cm³/mol. The molecule has 1 amide bonds. The molecule has 0 unspecified atom stereocenters. The van der Waals surface area contributed by atoms with Gasteiger partial charge >= 0.3 is 6.09 Å². The van der Waals surface area contributed by atoms with E-state index in [2.05, 4.69) is 10.3 Å². The molecule has 1 aromatic rings. The van der Waals surface area contributed by atoms with Gasteiger partial charge in [-0.3, -0.25) is 4.98 Å². The SMILES string of the molecule is CC.CC(C)(C)OC(=O)NCc1ccc(F)cn1. The number of halogens is 1. The molecule has 0 aromatic carbocycles. The maximum atomic E-state index is 12.5. The second kappa shape index (κ2) is 7.63. The van der Waals surface area contributed by atoms with E-state index in [-0.39, 0.29) is 6.54 Å². The van der Waals surface area contributed by atoms with E-state index in [1.54, 1.807) is 20.8 Å². The highest BCUT2D eigenvalue weighted by Crippen LogP contribution is 2.06. The summed E-state index contributed by atoms with van der Waals surface area (Å²) in [6.45, 7) is 9.56. The molecule has 0 aliphatic rings. The molecule has 1 rings (SSSR count). The van der Waals surface area contributed by atoms with Crippen molar-refractivity contribution < 1.29 is 13.9 Å². The second-order valence-electron chi connectivity index (χ2n) is 4.32. The summed E-state index contributed by atoms with van der Waals surface area (Å²) in [4.78, 5) is 15.1. The van der Waals surface area contributed by atoms with E-state index in [1.807, 2.05) is 13.8 Å². The summed E-state index contributed by atoms with van der Waals surface area (Å²) < 4.78 is 17.6. The van der Waals surface area contributed by atoms with Gasteiger partial charge in [-0.15, -0.1) is 0 Å². The molecule has 0 fully saturated rings. The summed E-state index contributed by atoms with van der Waals surface area (Å²) in [5, 5.41) is 2.53. The molecular formula is C13H21FN2O2. The zero-order valence-electron chi connectivity index (χ0n) is 11.6. The minimum Gasteiger partial charge on any atom is -0.444 e.